The van der Waals surface area contributed by atoms with E-state index in [2.05, 4.69) is 9.47 Å². The first-order chi connectivity index (χ1) is 8.22. The summed E-state index contributed by atoms with van der Waals surface area (Å²) in [7, 11) is 0. The van der Waals surface area contributed by atoms with Crippen molar-refractivity contribution in [2.75, 3.05) is 13.2 Å². The average molecular weight is 314 g/mol. The molecule has 0 unspecified atom stereocenters. The highest BCUT2D eigenvalue weighted by Crippen LogP contribution is 2.37. The first-order valence-electron chi connectivity index (χ1n) is 4.00. The summed E-state index contributed by atoms with van der Waals surface area (Å²) in [6, 6.07) is 0. The van der Waals surface area contributed by atoms with E-state index in [-0.39, 0.29) is 0 Å². The van der Waals surface area contributed by atoms with E-state index in [1.54, 1.807) is 0 Å². The second kappa shape index (κ2) is 5.66. The second-order valence-corrected chi connectivity index (χ2v) is 2.94. The zero-order valence-corrected chi connectivity index (χ0v) is 8.42. The van der Waals surface area contributed by atoms with Crippen molar-refractivity contribution in [2.45, 2.75) is 24.5 Å². The van der Waals surface area contributed by atoms with Gasteiger partial charge in [-0.1, -0.05) is 0 Å². The van der Waals surface area contributed by atoms with Gasteiger partial charge in [-0.05, 0) is 4.53 Å². The molecule has 13 heteroatoms. The summed E-state index contributed by atoms with van der Waals surface area (Å²) in [6.45, 7) is -5.22. The molecule has 0 aliphatic heterocycles. The predicted octanol–water partition coefficient (Wildman–Crippen LogP) is 3.26. The Morgan fingerprint density at radius 1 is 0.632 bits per heavy atom. The van der Waals surface area contributed by atoms with Crippen molar-refractivity contribution in [1.29, 1.82) is 0 Å². The molecule has 0 aliphatic carbocycles. The highest BCUT2D eigenvalue weighted by molar-refractivity contribution is 4.66. The fourth-order valence-corrected chi connectivity index (χ4v) is 0.533. The van der Waals surface area contributed by atoms with Crippen LogP contribution < -0.4 is 0 Å². The molecule has 0 saturated heterocycles. The fourth-order valence-electron chi connectivity index (χ4n) is 0.533. The van der Waals surface area contributed by atoms with Gasteiger partial charge < -0.3 is 9.47 Å². The van der Waals surface area contributed by atoms with Crippen LogP contribution >= 0.6 is 0 Å². The maximum absolute atomic E-state index is 12.4. The maximum atomic E-state index is 12.4. The number of hydrogen-bond donors (Lipinski definition) is 0. The van der Waals surface area contributed by atoms with Gasteiger partial charge in [-0.15, -0.1) is 4.94 Å². The second-order valence-electron chi connectivity index (χ2n) is 2.94. The van der Waals surface area contributed by atoms with E-state index in [0.29, 0.717) is 0 Å². The molecule has 0 heterocycles. The normalized spacial score (nSPS) is 14.8. The Balaban J connectivity index is 4.46. The lowest BCUT2D eigenvalue weighted by Crippen LogP contribution is -2.46. The van der Waals surface area contributed by atoms with E-state index >= 15 is 0 Å². The molecule has 0 rings (SSSR count). The summed E-state index contributed by atoms with van der Waals surface area (Å²) in [6.07, 6.45) is -21.9. The average Bonchev–Trinajstić information content (AvgIpc) is 2.23. The van der Waals surface area contributed by atoms with Crippen LogP contribution in [-0.2, 0) is 14.4 Å². The number of halogens is 10. The Labute approximate surface area is 97.5 Å². The molecular formula is C6H4F10O3. The van der Waals surface area contributed by atoms with Gasteiger partial charge in [-0.3, -0.25) is 0 Å². The molecule has 0 aromatic carbocycles. The molecule has 3 nitrogen and oxygen atoms in total. The molecule has 0 N–H and O–H groups in total. The lowest BCUT2D eigenvalue weighted by atomic mass is 10.5. The van der Waals surface area contributed by atoms with Gasteiger partial charge in [0, 0.05) is 0 Å². The molecule has 0 radical (unpaired) electrons. The quantitative estimate of drug-likeness (QED) is 0.675. The number of rotatable bonds is 7. The number of ether oxygens (including phenoxy) is 2. The largest absolute Gasteiger partial charge is 0.478 e. The fraction of sp³-hybridized carbons (Fsp3) is 1.00. The van der Waals surface area contributed by atoms with Gasteiger partial charge in [-0.25, -0.2) is 0 Å². The Bertz CT molecular complexity index is 287. The van der Waals surface area contributed by atoms with Gasteiger partial charge in [0.25, 0.3) is 0 Å². The molecule has 0 aromatic heterocycles. The van der Waals surface area contributed by atoms with Gasteiger partial charge in [0.05, 0.1) is 0 Å². The maximum Gasteiger partial charge on any atom is 0.478 e. The van der Waals surface area contributed by atoms with Gasteiger partial charge in [0.2, 0.25) is 0 Å². The van der Waals surface area contributed by atoms with Gasteiger partial charge in [0.15, 0.2) is 0 Å². The van der Waals surface area contributed by atoms with Crippen molar-refractivity contribution < 1.29 is 58.5 Å². The summed E-state index contributed by atoms with van der Waals surface area (Å²) >= 11 is 0. The highest BCUT2D eigenvalue weighted by Gasteiger charge is 2.62. The van der Waals surface area contributed by atoms with Crippen molar-refractivity contribution >= 4 is 0 Å². The summed E-state index contributed by atoms with van der Waals surface area (Å²) in [5, 5.41) is 0. The zero-order chi connectivity index (χ0) is 15.5. The van der Waals surface area contributed by atoms with E-state index < -0.39 is 37.7 Å². The minimum Gasteiger partial charge on any atom is -0.309 e. The molecule has 0 bridgehead atoms. The van der Waals surface area contributed by atoms with Crippen LogP contribution in [0.15, 0.2) is 0 Å². The van der Waals surface area contributed by atoms with Crippen LogP contribution in [0.3, 0.4) is 0 Å². The topological polar surface area (TPSA) is 27.7 Å². The molecule has 116 valence electrons. The number of hydrogen-bond acceptors (Lipinski definition) is 3. The van der Waals surface area contributed by atoms with Gasteiger partial charge >= 0.3 is 24.5 Å². The minimum atomic E-state index is -5.90. The van der Waals surface area contributed by atoms with E-state index in [1.165, 1.54) is 4.94 Å². The Morgan fingerprint density at radius 3 is 1.47 bits per heavy atom. The van der Waals surface area contributed by atoms with E-state index in [9.17, 15) is 44.0 Å². The highest BCUT2D eigenvalue weighted by atomic mass is 19.4. The Kier molecular flexibility index (Phi) is 5.42. The Morgan fingerprint density at radius 2 is 1.11 bits per heavy atom. The Hall–Kier alpha value is -0.820. The first-order valence-corrected chi connectivity index (χ1v) is 4.00. The molecule has 0 atom stereocenters. The smallest absolute Gasteiger partial charge is 0.309 e. The molecule has 0 saturated carbocycles. The van der Waals surface area contributed by atoms with E-state index in [4.69, 9.17) is 0 Å². The lowest BCUT2D eigenvalue weighted by Gasteiger charge is -2.24. The zero-order valence-electron chi connectivity index (χ0n) is 8.42. The van der Waals surface area contributed by atoms with E-state index in [1.807, 2.05) is 0 Å². The first kappa shape index (κ1) is 18.2. The summed E-state index contributed by atoms with van der Waals surface area (Å²) in [5.41, 5.74) is 0. The molecule has 0 amide bonds. The third-order valence-corrected chi connectivity index (χ3v) is 1.30. The van der Waals surface area contributed by atoms with Crippen molar-refractivity contribution in [1.82, 2.24) is 0 Å². The van der Waals surface area contributed by atoms with Gasteiger partial charge in [-0.2, -0.15) is 39.5 Å². The standard InChI is InChI=1S/C6H4F10O3/c7-3(8,9)1-17-4(10,11)2-18-5(12,13)6(14,15)19-16/h1-2H2. The summed E-state index contributed by atoms with van der Waals surface area (Å²) in [4.78, 5) is 1.51. The monoisotopic (exact) mass is 314 g/mol. The van der Waals surface area contributed by atoms with Crippen molar-refractivity contribution in [2.24, 2.45) is 0 Å². The lowest BCUT2D eigenvalue weighted by molar-refractivity contribution is -0.488. The molecule has 0 fully saturated rings. The van der Waals surface area contributed by atoms with Crippen molar-refractivity contribution in [3.8, 4) is 0 Å². The van der Waals surface area contributed by atoms with Crippen LogP contribution in [0, 0.1) is 0 Å². The third kappa shape index (κ3) is 6.24. The van der Waals surface area contributed by atoms with E-state index in [0.717, 1.165) is 0 Å². The summed E-state index contributed by atoms with van der Waals surface area (Å²) in [5.74, 6) is 0. The summed E-state index contributed by atoms with van der Waals surface area (Å²) < 4.78 is 124. The SMILES string of the molecule is FOC(F)(F)C(F)(F)OCC(F)(F)OCC(F)(F)F. The van der Waals surface area contributed by atoms with Crippen LogP contribution in [0.4, 0.5) is 44.0 Å². The molecule has 0 aliphatic rings. The van der Waals surface area contributed by atoms with Gasteiger partial charge in [0.1, 0.15) is 13.2 Å². The molecule has 0 spiro atoms. The molecule has 0 aromatic rings. The third-order valence-electron chi connectivity index (χ3n) is 1.30. The van der Waals surface area contributed by atoms with Crippen LogP contribution in [0.1, 0.15) is 0 Å². The number of alkyl halides is 9. The molecular weight excluding hydrogens is 310 g/mol. The predicted molar refractivity (Wildman–Crippen MR) is 35.0 cm³/mol. The van der Waals surface area contributed by atoms with Crippen LogP contribution in [0.5, 0.6) is 0 Å². The van der Waals surface area contributed by atoms with Crippen LogP contribution in [0.25, 0.3) is 0 Å². The van der Waals surface area contributed by atoms with Crippen LogP contribution in [0.2, 0.25) is 0 Å². The van der Waals surface area contributed by atoms with Crippen LogP contribution in [-0.4, -0.2) is 37.7 Å². The van der Waals surface area contributed by atoms with Crippen molar-refractivity contribution in [3.63, 3.8) is 0 Å². The molecule has 19 heavy (non-hydrogen) atoms. The minimum absolute atomic E-state index is 1.51. The van der Waals surface area contributed by atoms with Crippen molar-refractivity contribution in [3.05, 3.63) is 0 Å².